The third-order valence-corrected chi connectivity index (χ3v) is 4.22. The third-order valence-electron chi connectivity index (χ3n) is 4.22. The SMILES string of the molecule is CCOCc1ccccc1CNC1CCOC(C(C)C)C1. The summed E-state index contributed by atoms with van der Waals surface area (Å²) >= 11 is 0. The van der Waals surface area contributed by atoms with E-state index in [-0.39, 0.29) is 0 Å². The smallest absolute Gasteiger partial charge is 0.0719 e. The lowest BCUT2D eigenvalue weighted by molar-refractivity contribution is -0.0245. The van der Waals surface area contributed by atoms with E-state index in [1.54, 1.807) is 0 Å². The first kappa shape index (κ1) is 16.5. The van der Waals surface area contributed by atoms with Crippen LogP contribution in [-0.2, 0) is 22.6 Å². The molecular weight excluding hydrogens is 262 g/mol. The van der Waals surface area contributed by atoms with Gasteiger partial charge in [-0.2, -0.15) is 0 Å². The summed E-state index contributed by atoms with van der Waals surface area (Å²) in [5.74, 6) is 0.597. The highest BCUT2D eigenvalue weighted by atomic mass is 16.5. The maximum Gasteiger partial charge on any atom is 0.0719 e. The Labute approximate surface area is 129 Å². The molecule has 118 valence electrons. The minimum atomic E-state index is 0.398. The summed E-state index contributed by atoms with van der Waals surface area (Å²) in [4.78, 5) is 0. The van der Waals surface area contributed by atoms with Gasteiger partial charge in [0.15, 0.2) is 0 Å². The fourth-order valence-electron chi connectivity index (χ4n) is 2.82. The van der Waals surface area contributed by atoms with Crippen LogP contribution >= 0.6 is 0 Å². The topological polar surface area (TPSA) is 30.5 Å². The number of hydrogen-bond donors (Lipinski definition) is 1. The van der Waals surface area contributed by atoms with E-state index in [1.165, 1.54) is 11.1 Å². The van der Waals surface area contributed by atoms with Crippen LogP contribution in [0.25, 0.3) is 0 Å². The number of ether oxygens (including phenoxy) is 2. The lowest BCUT2D eigenvalue weighted by atomic mass is 9.95. The first-order valence-electron chi connectivity index (χ1n) is 8.20. The average Bonchev–Trinajstić information content (AvgIpc) is 2.52. The van der Waals surface area contributed by atoms with Crippen LogP contribution in [0.2, 0.25) is 0 Å². The van der Waals surface area contributed by atoms with Crippen molar-refractivity contribution in [3.8, 4) is 0 Å². The van der Waals surface area contributed by atoms with E-state index in [9.17, 15) is 0 Å². The Morgan fingerprint density at radius 1 is 1.29 bits per heavy atom. The summed E-state index contributed by atoms with van der Waals surface area (Å²) in [6, 6.07) is 9.11. The second-order valence-corrected chi connectivity index (χ2v) is 6.16. The number of benzene rings is 1. The Morgan fingerprint density at radius 3 is 2.76 bits per heavy atom. The highest BCUT2D eigenvalue weighted by Gasteiger charge is 2.24. The Morgan fingerprint density at radius 2 is 2.05 bits per heavy atom. The molecule has 2 atom stereocenters. The maximum atomic E-state index is 5.84. The van der Waals surface area contributed by atoms with Gasteiger partial charge in [-0.25, -0.2) is 0 Å². The molecule has 0 bridgehead atoms. The third kappa shape index (κ3) is 5.10. The second kappa shape index (κ2) is 8.52. The van der Waals surface area contributed by atoms with Gasteiger partial charge in [-0.15, -0.1) is 0 Å². The Kier molecular flexibility index (Phi) is 6.68. The molecule has 0 amide bonds. The standard InChI is InChI=1S/C18H29NO2/c1-4-20-13-16-8-6-5-7-15(16)12-19-17-9-10-21-18(11-17)14(2)3/h5-8,14,17-19H,4,9-13H2,1-3H3. The number of hydrogen-bond acceptors (Lipinski definition) is 3. The van der Waals surface area contributed by atoms with Crippen molar-refractivity contribution < 1.29 is 9.47 Å². The molecule has 1 aliphatic rings. The van der Waals surface area contributed by atoms with E-state index in [0.29, 0.717) is 24.7 Å². The summed E-state index contributed by atoms with van der Waals surface area (Å²) < 4.78 is 11.4. The molecule has 0 aromatic heterocycles. The molecule has 0 spiro atoms. The normalized spacial score (nSPS) is 22.7. The Hall–Kier alpha value is -0.900. The summed E-state index contributed by atoms with van der Waals surface area (Å²) in [5, 5.41) is 3.70. The lowest BCUT2D eigenvalue weighted by Crippen LogP contribution is -2.40. The summed E-state index contributed by atoms with van der Waals surface area (Å²) in [5.41, 5.74) is 2.64. The van der Waals surface area contributed by atoms with Crippen LogP contribution < -0.4 is 5.32 Å². The Bertz CT molecular complexity index is 419. The average molecular weight is 291 g/mol. The first-order valence-corrected chi connectivity index (χ1v) is 8.20. The van der Waals surface area contributed by atoms with Crippen LogP contribution in [0, 0.1) is 5.92 Å². The molecule has 3 heteroatoms. The van der Waals surface area contributed by atoms with Crippen LogP contribution in [0.3, 0.4) is 0 Å². The van der Waals surface area contributed by atoms with Crippen LogP contribution in [0.4, 0.5) is 0 Å². The van der Waals surface area contributed by atoms with Gasteiger partial charge in [0.25, 0.3) is 0 Å². The zero-order chi connectivity index (χ0) is 15.1. The molecule has 0 aliphatic carbocycles. The molecule has 0 saturated carbocycles. The predicted octanol–water partition coefficient (Wildman–Crippen LogP) is 3.52. The Balaban J connectivity index is 1.87. The largest absolute Gasteiger partial charge is 0.378 e. The van der Waals surface area contributed by atoms with Gasteiger partial charge in [0, 0.05) is 25.8 Å². The van der Waals surface area contributed by atoms with Crippen LogP contribution in [0.15, 0.2) is 24.3 Å². The minimum Gasteiger partial charge on any atom is -0.378 e. The highest BCUT2D eigenvalue weighted by Crippen LogP contribution is 2.21. The summed E-state index contributed by atoms with van der Waals surface area (Å²) in [6.07, 6.45) is 2.62. The minimum absolute atomic E-state index is 0.398. The van der Waals surface area contributed by atoms with Gasteiger partial charge in [-0.3, -0.25) is 0 Å². The van der Waals surface area contributed by atoms with Gasteiger partial charge in [0.2, 0.25) is 0 Å². The predicted molar refractivity (Wildman–Crippen MR) is 86.2 cm³/mol. The maximum absolute atomic E-state index is 5.84. The highest BCUT2D eigenvalue weighted by molar-refractivity contribution is 5.26. The number of nitrogens with one attached hydrogen (secondary N) is 1. The molecule has 2 rings (SSSR count). The fourth-order valence-corrected chi connectivity index (χ4v) is 2.82. The van der Waals surface area contributed by atoms with E-state index in [4.69, 9.17) is 9.47 Å². The molecule has 1 heterocycles. The van der Waals surface area contributed by atoms with Crippen molar-refractivity contribution in [1.82, 2.24) is 5.32 Å². The molecule has 1 saturated heterocycles. The first-order chi connectivity index (χ1) is 10.2. The second-order valence-electron chi connectivity index (χ2n) is 6.16. The van der Waals surface area contributed by atoms with Crippen molar-refractivity contribution in [1.29, 1.82) is 0 Å². The van der Waals surface area contributed by atoms with Gasteiger partial charge >= 0.3 is 0 Å². The molecule has 1 N–H and O–H groups in total. The van der Waals surface area contributed by atoms with Gasteiger partial charge in [-0.1, -0.05) is 38.1 Å². The van der Waals surface area contributed by atoms with Crippen LogP contribution in [0.5, 0.6) is 0 Å². The van der Waals surface area contributed by atoms with Gasteiger partial charge in [0.05, 0.1) is 12.7 Å². The molecule has 0 radical (unpaired) electrons. The molecular formula is C18H29NO2. The van der Waals surface area contributed by atoms with Crippen LogP contribution in [0.1, 0.15) is 44.7 Å². The molecule has 21 heavy (non-hydrogen) atoms. The molecule has 1 fully saturated rings. The van der Waals surface area contributed by atoms with E-state index in [1.807, 2.05) is 6.92 Å². The van der Waals surface area contributed by atoms with Crippen molar-refractivity contribution in [3.63, 3.8) is 0 Å². The molecule has 1 aliphatic heterocycles. The van der Waals surface area contributed by atoms with Crippen molar-refractivity contribution in [3.05, 3.63) is 35.4 Å². The van der Waals surface area contributed by atoms with Crippen molar-refractivity contribution in [2.24, 2.45) is 5.92 Å². The molecule has 3 nitrogen and oxygen atoms in total. The van der Waals surface area contributed by atoms with Crippen molar-refractivity contribution in [2.75, 3.05) is 13.2 Å². The van der Waals surface area contributed by atoms with E-state index in [0.717, 1.165) is 32.6 Å². The molecule has 1 aromatic rings. The monoisotopic (exact) mass is 291 g/mol. The molecule has 1 aromatic carbocycles. The van der Waals surface area contributed by atoms with Gasteiger partial charge in [-0.05, 0) is 36.8 Å². The fraction of sp³-hybridized carbons (Fsp3) is 0.667. The van der Waals surface area contributed by atoms with Gasteiger partial charge < -0.3 is 14.8 Å². The van der Waals surface area contributed by atoms with Gasteiger partial charge in [0.1, 0.15) is 0 Å². The quantitative estimate of drug-likeness (QED) is 0.834. The van der Waals surface area contributed by atoms with Crippen LogP contribution in [-0.4, -0.2) is 25.4 Å². The van der Waals surface area contributed by atoms with E-state index < -0.39 is 0 Å². The number of rotatable bonds is 7. The molecule has 2 unspecified atom stereocenters. The lowest BCUT2D eigenvalue weighted by Gasteiger charge is -2.32. The van der Waals surface area contributed by atoms with Crippen molar-refractivity contribution in [2.45, 2.75) is 58.9 Å². The summed E-state index contributed by atoms with van der Waals surface area (Å²) in [6.45, 7) is 9.78. The van der Waals surface area contributed by atoms with E-state index in [2.05, 4.69) is 43.4 Å². The summed E-state index contributed by atoms with van der Waals surface area (Å²) in [7, 11) is 0. The zero-order valence-corrected chi connectivity index (χ0v) is 13.6. The zero-order valence-electron chi connectivity index (χ0n) is 13.6. The van der Waals surface area contributed by atoms with E-state index >= 15 is 0 Å². The van der Waals surface area contributed by atoms with Crippen molar-refractivity contribution >= 4 is 0 Å².